The van der Waals surface area contributed by atoms with Crippen LogP contribution in [0.3, 0.4) is 0 Å². The van der Waals surface area contributed by atoms with Crippen LogP contribution in [0.4, 0.5) is 4.79 Å². The van der Waals surface area contributed by atoms with E-state index in [9.17, 15) is 4.79 Å². The third kappa shape index (κ3) is 2.67. The first-order chi connectivity index (χ1) is 11.5. The van der Waals surface area contributed by atoms with E-state index >= 15 is 0 Å². The molecule has 2 heterocycles. The van der Waals surface area contributed by atoms with Crippen molar-refractivity contribution < 1.29 is 9.53 Å². The van der Waals surface area contributed by atoms with Gasteiger partial charge in [0.05, 0.1) is 6.04 Å². The maximum Gasteiger partial charge on any atom is 0.320 e. The number of fused-ring (bicyclic) bond motifs is 4. The van der Waals surface area contributed by atoms with Gasteiger partial charge >= 0.3 is 6.03 Å². The molecule has 2 amide bonds. The molecular weight excluding hydrogens is 368 g/mol. The molecular formula is C19H19BrN2O2. The molecule has 0 aromatic heterocycles. The van der Waals surface area contributed by atoms with E-state index in [1.807, 2.05) is 48.2 Å². The number of ether oxygens (including phenoxy) is 1. The molecule has 2 atom stereocenters. The van der Waals surface area contributed by atoms with Crippen LogP contribution in [0.15, 0.2) is 53.0 Å². The zero-order chi connectivity index (χ0) is 16.7. The van der Waals surface area contributed by atoms with Gasteiger partial charge in [-0.05, 0) is 37.1 Å². The van der Waals surface area contributed by atoms with Crippen molar-refractivity contribution in [2.75, 3.05) is 6.54 Å². The van der Waals surface area contributed by atoms with Gasteiger partial charge < -0.3 is 10.1 Å². The second-order valence-electron chi connectivity index (χ2n) is 6.55. The Labute approximate surface area is 149 Å². The van der Waals surface area contributed by atoms with E-state index in [1.54, 1.807) is 0 Å². The number of carbonyl (C=O) groups is 1. The normalized spacial score (nSPS) is 24.8. The van der Waals surface area contributed by atoms with E-state index in [4.69, 9.17) is 4.74 Å². The summed E-state index contributed by atoms with van der Waals surface area (Å²) in [6.45, 7) is 2.64. The van der Waals surface area contributed by atoms with Gasteiger partial charge in [-0.3, -0.25) is 4.90 Å². The number of hydrogen-bond acceptors (Lipinski definition) is 2. The Kier molecular flexibility index (Phi) is 3.76. The minimum absolute atomic E-state index is 0.00303. The Morgan fingerprint density at radius 3 is 2.88 bits per heavy atom. The average molecular weight is 387 g/mol. The lowest BCUT2D eigenvalue weighted by molar-refractivity contribution is -0.0833. The smallest absolute Gasteiger partial charge is 0.320 e. The van der Waals surface area contributed by atoms with Crippen LogP contribution in [0.5, 0.6) is 5.75 Å². The van der Waals surface area contributed by atoms with E-state index < -0.39 is 5.72 Å². The number of amides is 2. The lowest BCUT2D eigenvalue weighted by Gasteiger charge is -2.50. The summed E-state index contributed by atoms with van der Waals surface area (Å²) in [4.78, 5) is 14.5. The second kappa shape index (κ2) is 5.81. The summed E-state index contributed by atoms with van der Waals surface area (Å²) in [5.74, 6) is 0.849. The number of rotatable bonds is 3. The van der Waals surface area contributed by atoms with E-state index in [2.05, 4.69) is 33.4 Å². The van der Waals surface area contributed by atoms with Crippen LogP contribution in [0.2, 0.25) is 0 Å². The van der Waals surface area contributed by atoms with Crippen molar-refractivity contribution >= 4 is 22.0 Å². The van der Waals surface area contributed by atoms with Crippen molar-refractivity contribution in [1.82, 2.24) is 10.2 Å². The van der Waals surface area contributed by atoms with Crippen LogP contribution in [-0.4, -0.2) is 23.2 Å². The number of carbonyl (C=O) groups excluding carboxylic acids is 1. The van der Waals surface area contributed by atoms with Crippen molar-refractivity contribution in [2.24, 2.45) is 0 Å². The van der Waals surface area contributed by atoms with Gasteiger partial charge in [0.25, 0.3) is 0 Å². The molecule has 0 radical (unpaired) electrons. The van der Waals surface area contributed by atoms with Gasteiger partial charge in [0.1, 0.15) is 5.75 Å². The van der Waals surface area contributed by atoms with Crippen molar-refractivity contribution in [3.63, 3.8) is 0 Å². The number of urea groups is 1. The topological polar surface area (TPSA) is 41.6 Å². The van der Waals surface area contributed by atoms with Gasteiger partial charge in [0.15, 0.2) is 5.72 Å². The fourth-order valence-corrected chi connectivity index (χ4v) is 3.99. The lowest BCUT2D eigenvalue weighted by Crippen LogP contribution is -2.65. The van der Waals surface area contributed by atoms with Gasteiger partial charge in [-0.2, -0.15) is 0 Å². The van der Waals surface area contributed by atoms with Crippen LogP contribution in [0.1, 0.15) is 30.5 Å². The molecule has 1 fully saturated rings. The van der Waals surface area contributed by atoms with Gasteiger partial charge in [-0.25, -0.2) is 4.79 Å². The molecule has 0 aliphatic carbocycles. The van der Waals surface area contributed by atoms with E-state index in [1.165, 1.54) is 5.56 Å². The molecule has 124 valence electrons. The number of nitrogens with zero attached hydrogens (tertiary/aromatic N) is 1. The minimum Gasteiger partial charge on any atom is -0.468 e. The van der Waals surface area contributed by atoms with Gasteiger partial charge in [-0.1, -0.05) is 46.3 Å². The predicted molar refractivity (Wildman–Crippen MR) is 95.9 cm³/mol. The average Bonchev–Trinajstić information content (AvgIpc) is 2.56. The summed E-state index contributed by atoms with van der Waals surface area (Å²) in [6, 6.07) is 16.1. The highest BCUT2D eigenvalue weighted by Gasteiger charge is 2.48. The highest BCUT2D eigenvalue weighted by atomic mass is 79.9. The van der Waals surface area contributed by atoms with E-state index in [0.717, 1.165) is 28.6 Å². The number of nitrogens with one attached hydrogen (secondary N) is 1. The third-order valence-electron chi connectivity index (χ3n) is 4.84. The van der Waals surface area contributed by atoms with E-state index in [-0.39, 0.29) is 12.1 Å². The van der Waals surface area contributed by atoms with Crippen molar-refractivity contribution in [1.29, 1.82) is 0 Å². The fraction of sp³-hybridized carbons (Fsp3) is 0.316. The second-order valence-corrected chi connectivity index (χ2v) is 7.47. The molecule has 1 N–H and O–H groups in total. The van der Waals surface area contributed by atoms with Crippen molar-refractivity contribution in [3.05, 3.63) is 64.1 Å². The van der Waals surface area contributed by atoms with Crippen LogP contribution in [0.25, 0.3) is 0 Å². The Hall–Kier alpha value is -2.01. The molecule has 4 nitrogen and oxygen atoms in total. The fourth-order valence-electron chi connectivity index (χ4n) is 3.61. The van der Waals surface area contributed by atoms with Crippen molar-refractivity contribution in [2.45, 2.75) is 31.5 Å². The maximum atomic E-state index is 12.7. The molecule has 24 heavy (non-hydrogen) atoms. The zero-order valence-electron chi connectivity index (χ0n) is 13.5. The quantitative estimate of drug-likeness (QED) is 0.855. The third-order valence-corrected chi connectivity index (χ3v) is 5.33. The Bertz CT molecular complexity index is 780. The molecule has 2 aromatic rings. The SMILES string of the molecule is CC12CC(NC(=O)N1CCc1ccccc1)c1cc(Br)ccc1O2. The molecule has 2 unspecified atom stereocenters. The number of hydrogen-bond donors (Lipinski definition) is 1. The largest absolute Gasteiger partial charge is 0.468 e. The molecule has 2 aliphatic heterocycles. The monoisotopic (exact) mass is 386 g/mol. The number of halogens is 1. The zero-order valence-corrected chi connectivity index (χ0v) is 15.0. The molecule has 2 aromatic carbocycles. The Morgan fingerprint density at radius 2 is 2.08 bits per heavy atom. The van der Waals surface area contributed by atoms with Gasteiger partial charge in [0.2, 0.25) is 0 Å². The molecule has 4 rings (SSSR count). The predicted octanol–water partition coefficient (Wildman–Crippen LogP) is 4.26. The van der Waals surface area contributed by atoms with Gasteiger partial charge in [-0.15, -0.1) is 0 Å². The van der Waals surface area contributed by atoms with Gasteiger partial charge in [0, 0.05) is 23.0 Å². The molecule has 0 saturated carbocycles. The van der Waals surface area contributed by atoms with Crippen molar-refractivity contribution in [3.8, 4) is 5.75 Å². The first-order valence-electron chi connectivity index (χ1n) is 8.16. The Balaban J connectivity index is 1.59. The summed E-state index contributed by atoms with van der Waals surface area (Å²) in [5.41, 5.74) is 1.65. The van der Waals surface area contributed by atoms with Crippen LogP contribution >= 0.6 is 15.9 Å². The summed E-state index contributed by atoms with van der Waals surface area (Å²) < 4.78 is 7.26. The standard InChI is InChI=1S/C19H19BrN2O2/c1-19-12-16(15-11-14(20)7-8-17(15)24-19)21-18(23)22(19)10-9-13-5-3-2-4-6-13/h2-8,11,16H,9-10,12H2,1H3,(H,21,23). The first-order valence-corrected chi connectivity index (χ1v) is 8.95. The number of benzene rings is 2. The minimum atomic E-state index is -0.609. The highest BCUT2D eigenvalue weighted by molar-refractivity contribution is 9.10. The molecule has 5 heteroatoms. The maximum absolute atomic E-state index is 12.7. The molecule has 1 saturated heterocycles. The highest BCUT2D eigenvalue weighted by Crippen LogP contribution is 2.44. The summed E-state index contributed by atoms with van der Waals surface area (Å²) >= 11 is 3.49. The summed E-state index contributed by atoms with van der Waals surface area (Å²) in [5, 5.41) is 3.13. The van der Waals surface area contributed by atoms with Crippen LogP contribution < -0.4 is 10.1 Å². The molecule has 2 bridgehead atoms. The molecule has 2 aliphatic rings. The van der Waals surface area contributed by atoms with Crippen LogP contribution in [-0.2, 0) is 6.42 Å². The van der Waals surface area contributed by atoms with E-state index in [0.29, 0.717) is 6.54 Å². The van der Waals surface area contributed by atoms with Crippen LogP contribution in [0, 0.1) is 0 Å². The molecule has 0 spiro atoms. The lowest BCUT2D eigenvalue weighted by atomic mass is 9.90. The Morgan fingerprint density at radius 1 is 1.29 bits per heavy atom. The summed E-state index contributed by atoms with van der Waals surface area (Å²) in [6.07, 6.45) is 1.56. The first kappa shape index (κ1) is 15.5. The summed E-state index contributed by atoms with van der Waals surface area (Å²) in [7, 11) is 0.